The Balaban J connectivity index is 1.49. The van der Waals surface area contributed by atoms with Crippen LogP contribution in [0, 0.1) is 0 Å². The van der Waals surface area contributed by atoms with Gasteiger partial charge in [-0.25, -0.2) is 8.42 Å². The third-order valence-electron chi connectivity index (χ3n) is 4.26. The SMILES string of the molecule is O=S(=O)(c1ccc(CCNC(=S)Nc2ccccc2)cc1)N1CCOCC1. The summed E-state index contributed by atoms with van der Waals surface area (Å²) in [5.74, 6) is 0. The van der Waals surface area contributed by atoms with E-state index >= 15 is 0 Å². The molecule has 0 aliphatic carbocycles. The molecule has 2 aromatic carbocycles. The zero-order valence-corrected chi connectivity index (χ0v) is 16.6. The summed E-state index contributed by atoms with van der Waals surface area (Å²) in [5, 5.41) is 6.84. The number of ether oxygens (including phenoxy) is 1. The summed E-state index contributed by atoms with van der Waals surface area (Å²) in [6, 6.07) is 16.8. The van der Waals surface area contributed by atoms with E-state index in [1.54, 1.807) is 12.1 Å². The van der Waals surface area contributed by atoms with E-state index in [-0.39, 0.29) is 0 Å². The molecular formula is C19H23N3O3S2. The van der Waals surface area contributed by atoms with Crippen molar-refractivity contribution in [3.63, 3.8) is 0 Å². The van der Waals surface area contributed by atoms with Gasteiger partial charge in [0, 0.05) is 25.3 Å². The van der Waals surface area contributed by atoms with Crippen LogP contribution in [-0.2, 0) is 21.2 Å². The van der Waals surface area contributed by atoms with Gasteiger partial charge in [0.15, 0.2) is 5.11 Å². The Bertz CT molecular complexity index is 850. The van der Waals surface area contributed by atoms with Crippen LogP contribution in [-0.4, -0.2) is 50.7 Å². The number of sulfonamides is 1. The molecule has 1 aliphatic heterocycles. The molecule has 8 heteroatoms. The molecule has 0 spiro atoms. The average Bonchev–Trinajstić information content (AvgIpc) is 2.70. The standard InChI is InChI=1S/C19H23N3O3S2/c23-27(24,22-12-14-25-15-13-22)18-8-6-16(7-9-18)10-11-20-19(26)21-17-4-2-1-3-5-17/h1-9H,10-15H2,(H2,20,21,26). The molecule has 1 heterocycles. The molecule has 0 saturated carbocycles. The van der Waals surface area contributed by atoms with Gasteiger partial charge in [0.05, 0.1) is 18.1 Å². The van der Waals surface area contributed by atoms with Gasteiger partial charge >= 0.3 is 0 Å². The largest absolute Gasteiger partial charge is 0.379 e. The maximum Gasteiger partial charge on any atom is 0.243 e. The Morgan fingerprint density at radius 2 is 1.70 bits per heavy atom. The highest BCUT2D eigenvalue weighted by Gasteiger charge is 2.25. The minimum absolute atomic E-state index is 0.322. The number of morpholine rings is 1. The third kappa shape index (κ3) is 5.49. The van der Waals surface area contributed by atoms with Crippen molar-refractivity contribution in [1.82, 2.24) is 9.62 Å². The van der Waals surface area contributed by atoms with E-state index in [4.69, 9.17) is 17.0 Å². The second kappa shape index (κ2) is 9.27. The van der Waals surface area contributed by atoms with E-state index in [0.29, 0.717) is 42.9 Å². The lowest BCUT2D eigenvalue weighted by Gasteiger charge is -2.26. The van der Waals surface area contributed by atoms with Crippen LogP contribution in [0.1, 0.15) is 5.56 Å². The molecule has 0 amide bonds. The fourth-order valence-electron chi connectivity index (χ4n) is 2.78. The summed E-state index contributed by atoms with van der Waals surface area (Å²) < 4.78 is 31.9. The molecule has 0 bridgehead atoms. The second-order valence-electron chi connectivity index (χ2n) is 6.16. The number of thiocarbonyl (C=S) groups is 1. The van der Waals surface area contributed by atoms with Gasteiger partial charge in [0.2, 0.25) is 10.0 Å². The number of para-hydroxylation sites is 1. The number of hydrogen-bond acceptors (Lipinski definition) is 4. The number of nitrogens with zero attached hydrogens (tertiary/aromatic N) is 1. The summed E-state index contributed by atoms with van der Waals surface area (Å²) in [6.45, 7) is 2.35. The van der Waals surface area contributed by atoms with E-state index in [2.05, 4.69) is 10.6 Å². The van der Waals surface area contributed by atoms with Crippen LogP contribution in [0.25, 0.3) is 0 Å². The van der Waals surface area contributed by atoms with Crippen LogP contribution >= 0.6 is 12.2 Å². The Labute approximate surface area is 165 Å². The van der Waals surface area contributed by atoms with Crippen molar-refractivity contribution in [3.05, 3.63) is 60.2 Å². The quantitative estimate of drug-likeness (QED) is 0.719. The fraction of sp³-hybridized carbons (Fsp3) is 0.316. The number of anilines is 1. The van der Waals surface area contributed by atoms with Crippen LogP contribution < -0.4 is 10.6 Å². The smallest absolute Gasteiger partial charge is 0.243 e. The molecule has 0 atom stereocenters. The van der Waals surface area contributed by atoms with Gasteiger partial charge < -0.3 is 15.4 Å². The average molecular weight is 406 g/mol. The topological polar surface area (TPSA) is 70.7 Å². The van der Waals surface area contributed by atoms with Gasteiger partial charge in [0.1, 0.15) is 0 Å². The zero-order valence-electron chi connectivity index (χ0n) is 14.9. The molecule has 1 fully saturated rings. The molecular weight excluding hydrogens is 382 g/mol. The van der Waals surface area contributed by atoms with Crippen molar-refractivity contribution in [2.24, 2.45) is 0 Å². The summed E-state index contributed by atoms with van der Waals surface area (Å²) in [6.07, 6.45) is 0.745. The van der Waals surface area contributed by atoms with Crippen LogP contribution in [0.3, 0.4) is 0 Å². The third-order valence-corrected chi connectivity index (χ3v) is 6.42. The highest BCUT2D eigenvalue weighted by atomic mass is 32.2. The van der Waals surface area contributed by atoms with Crippen molar-refractivity contribution in [1.29, 1.82) is 0 Å². The van der Waals surface area contributed by atoms with Crippen molar-refractivity contribution in [2.75, 3.05) is 38.2 Å². The van der Waals surface area contributed by atoms with Gasteiger partial charge in [-0.2, -0.15) is 4.31 Å². The number of rotatable bonds is 6. The van der Waals surface area contributed by atoms with Crippen LogP contribution in [0.2, 0.25) is 0 Å². The van der Waals surface area contributed by atoms with Crippen LogP contribution in [0.5, 0.6) is 0 Å². The summed E-state index contributed by atoms with van der Waals surface area (Å²) in [7, 11) is -3.44. The molecule has 0 radical (unpaired) electrons. The number of hydrogen-bond donors (Lipinski definition) is 2. The fourth-order valence-corrected chi connectivity index (χ4v) is 4.41. The molecule has 2 N–H and O–H groups in total. The molecule has 0 aromatic heterocycles. The van der Waals surface area contributed by atoms with E-state index in [1.165, 1.54) is 4.31 Å². The first-order valence-corrected chi connectivity index (χ1v) is 10.7. The van der Waals surface area contributed by atoms with Gasteiger partial charge in [0.25, 0.3) is 0 Å². The Morgan fingerprint density at radius 1 is 1.04 bits per heavy atom. The molecule has 27 heavy (non-hydrogen) atoms. The van der Waals surface area contributed by atoms with Gasteiger partial charge in [-0.3, -0.25) is 0 Å². The first kappa shape index (κ1) is 19.8. The molecule has 0 unspecified atom stereocenters. The molecule has 1 aliphatic rings. The Morgan fingerprint density at radius 3 is 2.37 bits per heavy atom. The zero-order chi connectivity index (χ0) is 19.1. The van der Waals surface area contributed by atoms with Gasteiger partial charge in [-0.1, -0.05) is 30.3 Å². The first-order chi connectivity index (χ1) is 13.1. The van der Waals surface area contributed by atoms with Crippen molar-refractivity contribution >= 4 is 33.0 Å². The van der Waals surface area contributed by atoms with Gasteiger partial charge in [-0.05, 0) is 48.5 Å². The maximum atomic E-state index is 12.6. The molecule has 144 valence electrons. The van der Waals surface area contributed by atoms with Gasteiger partial charge in [-0.15, -0.1) is 0 Å². The Hall–Kier alpha value is -2.00. The van der Waals surface area contributed by atoms with Crippen LogP contribution in [0.4, 0.5) is 5.69 Å². The first-order valence-electron chi connectivity index (χ1n) is 8.82. The Kier molecular flexibility index (Phi) is 6.78. The summed E-state index contributed by atoms with van der Waals surface area (Å²) >= 11 is 5.28. The highest BCUT2D eigenvalue weighted by Crippen LogP contribution is 2.17. The van der Waals surface area contributed by atoms with E-state index < -0.39 is 10.0 Å². The molecule has 3 rings (SSSR count). The lowest BCUT2D eigenvalue weighted by molar-refractivity contribution is 0.0730. The summed E-state index contributed by atoms with van der Waals surface area (Å²) in [4.78, 5) is 0.322. The minimum Gasteiger partial charge on any atom is -0.379 e. The monoisotopic (exact) mass is 405 g/mol. The highest BCUT2D eigenvalue weighted by molar-refractivity contribution is 7.89. The second-order valence-corrected chi connectivity index (χ2v) is 8.50. The van der Waals surface area contributed by atoms with E-state index in [0.717, 1.165) is 17.7 Å². The molecule has 6 nitrogen and oxygen atoms in total. The van der Waals surface area contributed by atoms with Crippen LogP contribution in [0.15, 0.2) is 59.5 Å². The molecule has 1 saturated heterocycles. The van der Waals surface area contributed by atoms with E-state index in [9.17, 15) is 8.42 Å². The predicted molar refractivity (Wildman–Crippen MR) is 110 cm³/mol. The lowest BCUT2D eigenvalue weighted by Crippen LogP contribution is -2.40. The van der Waals surface area contributed by atoms with Crippen molar-refractivity contribution in [3.8, 4) is 0 Å². The maximum absolute atomic E-state index is 12.6. The minimum atomic E-state index is -3.44. The number of benzene rings is 2. The van der Waals surface area contributed by atoms with E-state index in [1.807, 2.05) is 42.5 Å². The summed E-state index contributed by atoms with van der Waals surface area (Å²) in [5.41, 5.74) is 1.98. The van der Waals surface area contributed by atoms with Crippen molar-refractivity contribution in [2.45, 2.75) is 11.3 Å². The lowest BCUT2D eigenvalue weighted by atomic mass is 10.1. The number of nitrogens with one attached hydrogen (secondary N) is 2. The molecule has 2 aromatic rings. The predicted octanol–water partition coefficient (Wildman–Crippen LogP) is 2.24. The normalized spacial score (nSPS) is 15.3. The van der Waals surface area contributed by atoms with Crippen molar-refractivity contribution < 1.29 is 13.2 Å².